The smallest absolute Gasteiger partial charge is 0.133 e. The summed E-state index contributed by atoms with van der Waals surface area (Å²) < 4.78 is 0.683. The van der Waals surface area contributed by atoms with Gasteiger partial charge in [0.15, 0.2) is 0 Å². The van der Waals surface area contributed by atoms with Gasteiger partial charge in [-0.05, 0) is 6.92 Å². The van der Waals surface area contributed by atoms with Crippen molar-refractivity contribution in [3.63, 3.8) is 0 Å². The zero-order valence-electron chi connectivity index (χ0n) is 8.00. The molecule has 0 rings (SSSR count). The lowest BCUT2D eigenvalue weighted by Crippen LogP contribution is -2.36. The van der Waals surface area contributed by atoms with Gasteiger partial charge in [-0.15, -0.1) is 12.6 Å². The Morgan fingerprint density at radius 1 is 1.58 bits per heavy atom. The molecular weight excluding hydrogens is 188 g/mol. The average molecular weight is 206 g/mol. The molecule has 1 N–H and O–H groups in total. The zero-order valence-corrected chi connectivity index (χ0v) is 9.71. The molecule has 0 spiro atoms. The molecule has 0 fully saturated rings. The lowest BCUT2D eigenvalue weighted by Gasteiger charge is -2.21. The summed E-state index contributed by atoms with van der Waals surface area (Å²) in [6.45, 7) is 9.19. The second-order valence-corrected chi connectivity index (χ2v) is 4.08. The number of likely N-dealkylation sites (N-methyl/N-ethyl adjacent to an activating group) is 1. The van der Waals surface area contributed by atoms with Crippen LogP contribution in [0, 0.1) is 0 Å². The fourth-order valence-electron chi connectivity index (χ4n) is 0.877. The van der Waals surface area contributed by atoms with Crippen molar-refractivity contribution in [3.8, 4) is 0 Å². The monoisotopic (exact) mass is 206 g/mol. The van der Waals surface area contributed by atoms with Crippen LogP contribution in [0.2, 0.25) is 0 Å². The third-order valence-electron chi connectivity index (χ3n) is 1.59. The molecule has 0 atom stereocenters. The van der Waals surface area contributed by atoms with Crippen molar-refractivity contribution in [2.24, 2.45) is 0 Å². The van der Waals surface area contributed by atoms with Gasteiger partial charge in [-0.25, -0.2) is 0 Å². The van der Waals surface area contributed by atoms with E-state index >= 15 is 0 Å². The zero-order chi connectivity index (χ0) is 9.56. The van der Waals surface area contributed by atoms with Gasteiger partial charge in [0.2, 0.25) is 0 Å². The minimum atomic E-state index is 0.539. The van der Waals surface area contributed by atoms with Gasteiger partial charge in [0.05, 0.1) is 0 Å². The molecule has 12 heavy (non-hydrogen) atoms. The molecule has 4 heteroatoms. The predicted molar refractivity (Wildman–Crippen MR) is 62.0 cm³/mol. The number of nitrogens with zero attached hydrogens (tertiary/aromatic N) is 1. The van der Waals surface area contributed by atoms with Gasteiger partial charge in [0.1, 0.15) is 4.32 Å². The predicted octanol–water partition coefficient (Wildman–Crippen LogP) is 1.52. The largest absolute Gasteiger partial charge is 0.357 e. The fourth-order valence-corrected chi connectivity index (χ4v) is 1.34. The molecule has 0 saturated carbocycles. The fraction of sp³-hybridized carbons (Fsp3) is 0.875. The number of nitrogens with one attached hydrogen (secondary N) is 1. The van der Waals surface area contributed by atoms with Crippen LogP contribution in [0.15, 0.2) is 0 Å². The molecule has 0 aromatic heterocycles. The highest BCUT2D eigenvalue weighted by Gasteiger charge is 2.02. The van der Waals surface area contributed by atoms with Gasteiger partial charge in [-0.3, -0.25) is 0 Å². The van der Waals surface area contributed by atoms with Crippen molar-refractivity contribution in [1.29, 1.82) is 0 Å². The number of rotatable bonds is 5. The summed E-state index contributed by atoms with van der Waals surface area (Å²) in [5.74, 6) is 0. The molecule has 0 aromatic carbocycles. The Morgan fingerprint density at radius 2 is 2.17 bits per heavy atom. The Hall–Kier alpha value is 0.200. The lowest BCUT2D eigenvalue weighted by atomic mass is 10.4. The summed E-state index contributed by atoms with van der Waals surface area (Å²) in [7, 11) is 0. The topological polar surface area (TPSA) is 15.3 Å². The molecule has 2 nitrogen and oxygen atoms in total. The van der Waals surface area contributed by atoms with Gasteiger partial charge < -0.3 is 10.2 Å². The lowest BCUT2D eigenvalue weighted by molar-refractivity contribution is 0.430. The van der Waals surface area contributed by atoms with Crippen molar-refractivity contribution in [2.45, 2.75) is 26.8 Å². The summed E-state index contributed by atoms with van der Waals surface area (Å²) in [5.41, 5.74) is 0. The van der Waals surface area contributed by atoms with E-state index in [0.717, 1.165) is 19.6 Å². The van der Waals surface area contributed by atoms with Gasteiger partial charge in [-0.2, -0.15) is 0 Å². The van der Waals surface area contributed by atoms with Crippen LogP contribution in [-0.4, -0.2) is 34.9 Å². The molecule has 0 amide bonds. The Labute approximate surface area is 86.1 Å². The Balaban J connectivity index is 3.52. The van der Waals surface area contributed by atoms with E-state index in [1.165, 1.54) is 0 Å². The van der Waals surface area contributed by atoms with Crippen LogP contribution >= 0.6 is 24.8 Å². The van der Waals surface area contributed by atoms with Gasteiger partial charge in [0.25, 0.3) is 0 Å². The van der Waals surface area contributed by atoms with Crippen LogP contribution in [-0.2, 0) is 0 Å². The molecule has 0 aliphatic heterocycles. The molecule has 0 saturated heterocycles. The van der Waals surface area contributed by atoms with E-state index in [1.807, 2.05) is 0 Å². The van der Waals surface area contributed by atoms with Gasteiger partial charge >= 0.3 is 0 Å². The highest BCUT2D eigenvalue weighted by Crippen LogP contribution is 1.94. The summed E-state index contributed by atoms with van der Waals surface area (Å²) in [6, 6.07) is 0.539. The van der Waals surface area contributed by atoms with Crippen LogP contribution in [0.25, 0.3) is 0 Å². The second-order valence-electron chi connectivity index (χ2n) is 2.97. The summed E-state index contributed by atoms with van der Waals surface area (Å²) in [4.78, 5) is 2.06. The number of thiocarbonyl (C=S) groups is 1. The maximum atomic E-state index is 4.96. The minimum Gasteiger partial charge on any atom is -0.357 e. The van der Waals surface area contributed by atoms with Crippen LogP contribution in [0.3, 0.4) is 0 Å². The maximum Gasteiger partial charge on any atom is 0.133 e. The van der Waals surface area contributed by atoms with E-state index in [1.54, 1.807) is 0 Å². The van der Waals surface area contributed by atoms with E-state index in [9.17, 15) is 0 Å². The Morgan fingerprint density at radius 3 is 2.50 bits per heavy atom. The van der Waals surface area contributed by atoms with E-state index in [-0.39, 0.29) is 0 Å². The molecule has 0 aliphatic rings. The summed E-state index contributed by atoms with van der Waals surface area (Å²) in [5, 5.41) is 3.33. The van der Waals surface area contributed by atoms with Crippen molar-refractivity contribution >= 4 is 29.2 Å². The minimum absolute atomic E-state index is 0.539. The van der Waals surface area contributed by atoms with Gasteiger partial charge in [-0.1, -0.05) is 26.1 Å². The Bertz CT molecular complexity index is 137. The van der Waals surface area contributed by atoms with Crippen molar-refractivity contribution in [1.82, 2.24) is 10.2 Å². The molecule has 0 aromatic rings. The first-order valence-corrected chi connectivity index (χ1v) is 5.14. The van der Waals surface area contributed by atoms with E-state index in [4.69, 9.17) is 12.2 Å². The third-order valence-corrected chi connectivity index (χ3v) is 2.13. The van der Waals surface area contributed by atoms with Crippen molar-refractivity contribution in [3.05, 3.63) is 0 Å². The Kier molecular flexibility index (Phi) is 6.80. The molecule has 0 unspecified atom stereocenters. The number of hydrogen-bond acceptors (Lipinski definition) is 2. The van der Waals surface area contributed by atoms with Crippen LogP contribution in [0.1, 0.15) is 20.8 Å². The maximum absolute atomic E-state index is 4.96. The molecule has 0 bridgehead atoms. The summed E-state index contributed by atoms with van der Waals surface area (Å²) in [6.07, 6.45) is 0. The highest BCUT2D eigenvalue weighted by molar-refractivity contribution is 8.10. The molecule has 0 radical (unpaired) electrons. The highest BCUT2D eigenvalue weighted by atomic mass is 32.1. The van der Waals surface area contributed by atoms with Crippen molar-refractivity contribution in [2.75, 3.05) is 19.6 Å². The molecular formula is C8H18N2S2. The van der Waals surface area contributed by atoms with Crippen LogP contribution < -0.4 is 5.32 Å². The molecule has 0 heterocycles. The average Bonchev–Trinajstić information content (AvgIpc) is 1.96. The number of thiol groups is 1. The summed E-state index contributed by atoms with van der Waals surface area (Å²) >= 11 is 9.08. The third kappa shape index (κ3) is 5.80. The van der Waals surface area contributed by atoms with Crippen molar-refractivity contribution < 1.29 is 0 Å². The number of hydrogen-bond donors (Lipinski definition) is 2. The van der Waals surface area contributed by atoms with Crippen LogP contribution in [0.4, 0.5) is 0 Å². The quantitative estimate of drug-likeness (QED) is 0.524. The van der Waals surface area contributed by atoms with E-state index in [0.29, 0.717) is 10.4 Å². The second kappa shape index (κ2) is 6.69. The molecule has 72 valence electrons. The normalized spacial score (nSPS) is 10.4. The first-order valence-electron chi connectivity index (χ1n) is 4.29. The van der Waals surface area contributed by atoms with E-state index < -0.39 is 0 Å². The SMILES string of the molecule is CCN(CCNC(C)C)C(=S)S. The standard InChI is InChI=1S/C8H18N2S2/c1-4-10(8(11)12)6-5-9-7(2)3/h7,9H,4-6H2,1-3H3,(H,11,12). The van der Waals surface area contributed by atoms with Gasteiger partial charge in [0, 0.05) is 25.7 Å². The molecule has 0 aliphatic carbocycles. The van der Waals surface area contributed by atoms with E-state index in [2.05, 4.69) is 43.6 Å². The first kappa shape index (κ1) is 12.2. The first-order chi connectivity index (χ1) is 5.57. The van der Waals surface area contributed by atoms with Crippen LogP contribution in [0.5, 0.6) is 0 Å².